The minimum Gasteiger partial charge on any atom is -0.409 e. The molecule has 0 aromatic heterocycles. The third kappa shape index (κ3) is 4.94. The molecule has 104 valence electrons. The van der Waals surface area contributed by atoms with E-state index in [4.69, 9.17) is 10.9 Å². The zero-order chi connectivity index (χ0) is 13.4. The maximum atomic E-state index is 11.8. The van der Waals surface area contributed by atoms with Crippen molar-refractivity contribution in [2.24, 2.45) is 16.8 Å². The van der Waals surface area contributed by atoms with Gasteiger partial charge in [0, 0.05) is 6.42 Å². The zero-order valence-corrected chi connectivity index (χ0v) is 11.2. The van der Waals surface area contributed by atoms with E-state index >= 15 is 0 Å². The van der Waals surface area contributed by atoms with Gasteiger partial charge in [-0.05, 0) is 18.8 Å². The molecule has 1 aliphatic carbocycles. The van der Waals surface area contributed by atoms with E-state index in [-0.39, 0.29) is 17.8 Å². The average molecular weight is 255 g/mol. The minimum atomic E-state index is -0.337. The Morgan fingerprint density at radius 2 is 2.17 bits per heavy atom. The van der Waals surface area contributed by atoms with E-state index in [2.05, 4.69) is 10.5 Å². The lowest BCUT2D eigenvalue weighted by Gasteiger charge is -2.17. The molecule has 1 aliphatic rings. The fraction of sp³-hybridized carbons (Fsp3) is 0.846. The summed E-state index contributed by atoms with van der Waals surface area (Å²) in [7, 11) is 0. The second-order valence-electron chi connectivity index (χ2n) is 5.12. The Balaban J connectivity index is 2.31. The summed E-state index contributed by atoms with van der Waals surface area (Å²) in [6, 6.07) is -0.337. The molecule has 0 aromatic rings. The smallest absolute Gasteiger partial charge is 0.220 e. The van der Waals surface area contributed by atoms with Crippen LogP contribution in [0, 0.1) is 5.92 Å². The summed E-state index contributed by atoms with van der Waals surface area (Å²) in [5.74, 6) is 0.808. The van der Waals surface area contributed by atoms with Crippen LogP contribution < -0.4 is 11.1 Å². The number of hydrogen-bond acceptors (Lipinski definition) is 3. The summed E-state index contributed by atoms with van der Waals surface area (Å²) in [6.45, 7) is 2.00. The molecule has 4 N–H and O–H groups in total. The van der Waals surface area contributed by atoms with Crippen LogP contribution in [-0.2, 0) is 4.79 Å². The van der Waals surface area contributed by atoms with Gasteiger partial charge >= 0.3 is 0 Å². The van der Waals surface area contributed by atoms with Gasteiger partial charge in [-0.25, -0.2) is 0 Å². The highest BCUT2D eigenvalue weighted by Gasteiger charge is 2.19. The fourth-order valence-corrected chi connectivity index (χ4v) is 2.55. The van der Waals surface area contributed by atoms with Gasteiger partial charge in [-0.1, -0.05) is 44.2 Å². The normalized spacial score (nSPS) is 18.8. The fourth-order valence-electron chi connectivity index (χ4n) is 2.55. The lowest BCUT2D eigenvalue weighted by Crippen LogP contribution is -2.44. The maximum absolute atomic E-state index is 11.8. The lowest BCUT2D eigenvalue weighted by molar-refractivity contribution is -0.121. The van der Waals surface area contributed by atoms with Gasteiger partial charge in [-0.2, -0.15) is 0 Å². The molecule has 0 spiro atoms. The van der Waals surface area contributed by atoms with Crippen LogP contribution in [0.5, 0.6) is 0 Å². The highest BCUT2D eigenvalue weighted by atomic mass is 16.4. The summed E-state index contributed by atoms with van der Waals surface area (Å²) in [5.41, 5.74) is 5.56. The number of rotatable bonds is 7. The Bertz CT molecular complexity index is 286. The number of nitrogens with zero attached hydrogens (tertiary/aromatic N) is 1. The highest BCUT2D eigenvalue weighted by molar-refractivity contribution is 5.89. The molecule has 18 heavy (non-hydrogen) atoms. The molecule has 0 bridgehead atoms. The first kappa shape index (κ1) is 14.8. The van der Waals surface area contributed by atoms with Gasteiger partial charge in [0.1, 0.15) is 0 Å². The summed E-state index contributed by atoms with van der Waals surface area (Å²) in [4.78, 5) is 11.8. The van der Waals surface area contributed by atoms with Crippen molar-refractivity contribution in [3.8, 4) is 0 Å². The topological polar surface area (TPSA) is 87.7 Å². The minimum absolute atomic E-state index is 0.00644. The van der Waals surface area contributed by atoms with Crippen molar-refractivity contribution >= 4 is 11.7 Å². The molecule has 0 saturated heterocycles. The van der Waals surface area contributed by atoms with Gasteiger partial charge < -0.3 is 16.3 Å². The number of amidine groups is 1. The molecule has 0 heterocycles. The Labute approximate surface area is 109 Å². The summed E-state index contributed by atoms with van der Waals surface area (Å²) < 4.78 is 0. The standard InChI is InChI=1S/C13H25N3O2/c1-2-5-11(13(14)16-18)15-12(17)9-8-10-6-3-4-7-10/h10-11,18H,2-9H2,1H3,(H2,14,16)(H,15,17). The number of nitrogens with two attached hydrogens (primary N) is 1. The second-order valence-corrected chi connectivity index (χ2v) is 5.12. The van der Waals surface area contributed by atoms with Gasteiger partial charge in [-0.15, -0.1) is 0 Å². The maximum Gasteiger partial charge on any atom is 0.220 e. The summed E-state index contributed by atoms with van der Waals surface area (Å²) in [5, 5.41) is 14.5. The van der Waals surface area contributed by atoms with Crippen LogP contribution in [0.15, 0.2) is 5.16 Å². The van der Waals surface area contributed by atoms with E-state index in [0.29, 0.717) is 18.8 Å². The van der Waals surface area contributed by atoms with Crippen LogP contribution in [0.4, 0.5) is 0 Å². The SMILES string of the molecule is CCCC(NC(=O)CCC1CCCC1)/C(N)=N/O. The van der Waals surface area contributed by atoms with Crippen LogP contribution in [0.3, 0.4) is 0 Å². The third-order valence-electron chi connectivity index (χ3n) is 3.64. The Hall–Kier alpha value is -1.26. The van der Waals surface area contributed by atoms with Crippen LogP contribution in [0.1, 0.15) is 58.3 Å². The van der Waals surface area contributed by atoms with Crippen molar-refractivity contribution in [2.75, 3.05) is 0 Å². The summed E-state index contributed by atoms with van der Waals surface area (Å²) >= 11 is 0. The van der Waals surface area contributed by atoms with E-state index in [1.807, 2.05) is 6.92 Å². The first-order valence-corrected chi connectivity index (χ1v) is 6.94. The molecule has 1 saturated carbocycles. The van der Waals surface area contributed by atoms with Gasteiger partial charge in [0.25, 0.3) is 0 Å². The van der Waals surface area contributed by atoms with Crippen molar-refractivity contribution in [2.45, 2.75) is 64.3 Å². The van der Waals surface area contributed by atoms with E-state index in [0.717, 1.165) is 12.8 Å². The van der Waals surface area contributed by atoms with E-state index in [9.17, 15) is 4.79 Å². The number of carbonyl (C=O) groups excluding carboxylic acids is 1. The van der Waals surface area contributed by atoms with Crippen molar-refractivity contribution in [3.05, 3.63) is 0 Å². The number of hydrogen-bond donors (Lipinski definition) is 3. The number of nitrogens with one attached hydrogen (secondary N) is 1. The Morgan fingerprint density at radius 1 is 1.50 bits per heavy atom. The summed E-state index contributed by atoms with van der Waals surface area (Å²) in [6.07, 6.45) is 8.20. The molecule has 1 fully saturated rings. The lowest BCUT2D eigenvalue weighted by atomic mass is 10.0. The monoisotopic (exact) mass is 255 g/mol. The van der Waals surface area contributed by atoms with Crippen molar-refractivity contribution in [1.29, 1.82) is 0 Å². The Morgan fingerprint density at radius 3 is 2.72 bits per heavy atom. The molecular weight excluding hydrogens is 230 g/mol. The Kier molecular flexibility index (Phi) is 6.54. The van der Waals surface area contributed by atoms with Crippen molar-refractivity contribution < 1.29 is 10.0 Å². The zero-order valence-electron chi connectivity index (χ0n) is 11.2. The molecule has 1 atom stereocenters. The number of oxime groups is 1. The predicted octanol–water partition coefficient (Wildman–Crippen LogP) is 1.99. The second kappa shape index (κ2) is 7.95. The van der Waals surface area contributed by atoms with Crippen LogP contribution in [-0.4, -0.2) is 23.0 Å². The molecule has 0 aliphatic heterocycles. The average Bonchev–Trinajstić information content (AvgIpc) is 2.88. The molecule has 5 heteroatoms. The molecule has 0 aromatic carbocycles. The molecule has 1 rings (SSSR count). The van der Waals surface area contributed by atoms with Crippen LogP contribution >= 0.6 is 0 Å². The number of amides is 1. The molecule has 0 radical (unpaired) electrons. The predicted molar refractivity (Wildman–Crippen MR) is 71.4 cm³/mol. The van der Waals surface area contributed by atoms with E-state index in [1.165, 1.54) is 25.7 Å². The highest BCUT2D eigenvalue weighted by Crippen LogP contribution is 2.28. The quantitative estimate of drug-likeness (QED) is 0.281. The molecule has 5 nitrogen and oxygen atoms in total. The van der Waals surface area contributed by atoms with Gasteiger partial charge in [0.05, 0.1) is 6.04 Å². The molecule has 1 amide bonds. The van der Waals surface area contributed by atoms with Crippen LogP contribution in [0.25, 0.3) is 0 Å². The van der Waals surface area contributed by atoms with Gasteiger partial charge in [0.15, 0.2) is 5.84 Å². The molecule has 1 unspecified atom stereocenters. The van der Waals surface area contributed by atoms with Gasteiger partial charge in [-0.3, -0.25) is 4.79 Å². The first-order valence-electron chi connectivity index (χ1n) is 6.94. The van der Waals surface area contributed by atoms with Gasteiger partial charge in [0.2, 0.25) is 5.91 Å². The first-order chi connectivity index (χ1) is 8.67. The molecular formula is C13H25N3O2. The van der Waals surface area contributed by atoms with Crippen LogP contribution in [0.2, 0.25) is 0 Å². The third-order valence-corrected chi connectivity index (χ3v) is 3.64. The van der Waals surface area contributed by atoms with Crippen molar-refractivity contribution in [3.63, 3.8) is 0 Å². The van der Waals surface area contributed by atoms with Crippen molar-refractivity contribution in [1.82, 2.24) is 5.32 Å². The van der Waals surface area contributed by atoms with E-state index in [1.54, 1.807) is 0 Å². The van der Waals surface area contributed by atoms with E-state index < -0.39 is 0 Å². The number of carbonyl (C=O) groups is 1. The largest absolute Gasteiger partial charge is 0.409 e.